The summed E-state index contributed by atoms with van der Waals surface area (Å²) in [7, 11) is 0. The van der Waals surface area contributed by atoms with Gasteiger partial charge >= 0.3 is 5.63 Å². The van der Waals surface area contributed by atoms with E-state index in [0.717, 1.165) is 112 Å². The summed E-state index contributed by atoms with van der Waals surface area (Å²) in [5.74, 6) is 3.21. The molecule has 4 aliphatic carbocycles. The van der Waals surface area contributed by atoms with E-state index in [1.54, 1.807) is 6.07 Å². The third-order valence-electron chi connectivity index (χ3n) is 14.0. The van der Waals surface area contributed by atoms with E-state index in [2.05, 4.69) is 30.1 Å². The molecule has 1 aromatic carbocycles. The quantitative estimate of drug-likeness (QED) is 0.282. The van der Waals surface area contributed by atoms with Crippen molar-refractivity contribution in [2.24, 2.45) is 34.5 Å². The Morgan fingerprint density at radius 3 is 2.68 bits per heavy atom. The monoisotopic (exact) mass is 602 g/mol. The Hall–Kier alpha value is -1.89. The molecule has 0 unspecified atom stereocenters. The maximum Gasteiger partial charge on any atom is 0.336 e. The maximum atomic E-state index is 12.6. The Kier molecular flexibility index (Phi) is 7.66. The second-order valence-corrected chi connectivity index (χ2v) is 16.1. The summed E-state index contributed by atoms with van der Waals surface area (Å²) in [5, 5.41) is 15.1. The van der Waals surface area contributed by atoms with Gasteiger partial charge in [-0.2, -0.15) is 0 Å². The molecule has 6 nitrogen and oxygen atoms in total. The Morgan fingerprint density at radius 1 is 0.977 bits per heavy atom. The maximum absolute atomic E-state index is 12.6. The molecule has 2 N–H and O–H groups in total. The molecular weight excluding hydrogens is 548 g/mol. The molecule has 4 saturated carbocycles. The van der Waals surface area contributed by atoms with Crippen LogP contribution >= 0.6 is 0 Å². The van der Waals surface area contributed by atoms with Gasteiger partial charge in [0.15, 0.2) is 0 Å². The molecule has 2 aromatic rings. The molecule has 0 radical (unpaired) electrons. The normalized spacial score (nSPS) is 37.8. The fourth-order valence-corrected chi connectivity index (χ4v) is 11.8. The van der Waals surface area contributed by atoms with Gasteiger partial charge in [0.1, 0.15) is 5.58 Å². The second-order valence-electron chi connectivity index (χ2n) is 16.1. The molecule has 1 aromatic heterocycles. The van der Waals surface area contributed by atoms with Crippen molar-refractivity contribution >= 4 is 16.7 Å². The summed E-state index contributed by atoms with van der Waals surface area (Å²) in [6.07, 6.45) is 16.7. The Labute approximate surface area is 263 Å². The minimum absolute atomic E-state index is 0.0631. The molecular formula is C38H54N2O4. The summed E-state index contributed by atoms with van der Waals surface area (Å²) in [5.41, 5.74) is 6.54. The first-order valence-corrected chi connectivity index (χ1v) is 18.2. The topological polar surface area (TPSA) is 74.9 Å². The number of benzene rings is 1. The Balaban J connectivity index is 0.872. The number of aliphatic hydroxyl groups excluding tert-OH is 1. The zero-order valence-electron chi connectivity index (χ0n) is 27.2. The van der Waals surface area contributed by atoms with Crippen LogP contribution in [0.25, 0.3) is 11.0 Å². The van der Waals surface area contributed by atoms with Crippen LogP contribution in [0.1, 0.15) is 101 Å². The van der Waals surface area contributed by atoms with E-state index in [0.29, 0.717) is 16.9 Å². The van der Waals surface area contributed by atoms with E-state index < -0.39 is 0 Å². The summed E-state index contributed by atoms with van der Waals surface area (Å²) in [6.45, 7) is 9.81. The molecule has 6 aliphatic rings. The highest BCUT2D eigenvalue weighted by atomic mass is 16.5. The predicted octanol–water partition coefficient (Wildman–Crippen LogP) is 6.41. The molecule has 240 valence electrons. The molecule has 44 heavy (non-hydrogen) atoms. The smallest absolute Gasteiger partial charge is 0.336 e. The average molecular weight is 603 g/mol. The molecule has 4 fully saturated rings. The highest BCUT2D eigenvalue weighted by molar-refractivity contribution is 5.90. The first kappa shape index (κ1) is 29.5. The fraction of sp³-hybridized carbons (Fsp3) is 0.763. The van der Waals surface area contributed by atoms with Crippen molar-refractivity contribution in [3.63, 3.8) is 0 Å². The molecule has 0 amide bonds. The number of hydrogen-bond donors (Lipinski definition) is 2. The lowest BCUT2D eigenvalue weighted by atomic mass is 9.45. The second kappa shape index (κ2) is 11.4. The van der Waals surface area contributed by atoms with Crippen LogP contribution in [0.15, 0.2) is 21.3 Å². The molecule has 0 bridgehead atoms. The average Bonchev–Trinajstić information content (AvgIpc) is 3.36. The zero-order valence-corrected chi connectivity index (χ0v) is 27.2. The summed E-state index contributed by atoms with van der Waals surface area (Å²) in [6, 6.07) is 4.05. The van der Waals surface area contributed by atoms with Crippen LogP contribution in [-0.2, 0) is 24.0 Å². The first-order valence-electron chi connectivity index (χ1n) is 18.2. The third-order valence-corrected chi connectivity index (χ3v) is 14.0. The van der Waals surface area contributed by atoms with Crippen molar-refractivity contribution in [2.75, 3.05) is 37.7 Å². The largest absolute Gasteiger partial charge is 0.422 e. The van der Waals surface area contributed by atoms with Crippen LogP contribution in [0.4, 0.5) is 5.69 Å². The number of nitrogens with zero attached hydrogens (tertiary/aromatic N) is 1. The van der Waals surface area contributed by atoms with Gasteiger partial charge in [-0.1, -0.05) is 13.8 Å². The van der Waals surface area contributed by atoms with Crippen LogP contribution in [0, 0.1) is 34.5 Å². The summed E-state index contributed by atoms with van der Waals surface area (Å²) < 4.78 is 12.5. The van der Waals surface area contributed by atoms with Crippen molar-refractivity contribution < 1.29 is 14.3 Å². The van der Waals surface area contributed by atoms with Gasteiger partial charge in [0.2, 0.25) is 0 Å². The number of aliphatic hydroxyl groups is 1. The standard InChI is InChI=1S/C38H54N2O4/c1-37-14-11-27(41)23-26(37)7-8-28-31-9-10-33(38(31,2)15-12-32(28)37)43-20-17-39-16-13-24-22-34(42)44-36-29-6-4-19-40-18-3-5-25(35(29)40)21-30(24)36/h21-22,26-28,31-33,39,41H,3-20,23H2,1-2H3/t26-,27+,28-,31-,32-,33-,37-,38-/m0/s1. The van der Waals surface area contributed by atoms with Gasteiger partial charge in [-0.15, -0.1) is 0 Å². The van der Waals surface area contributed by atoms with Gasteiger partial charge in [0.25, 0.3) is 0 Å². The van der Waals surface area contributed by atoms with Gasteiger partial charge in [0.05, 0.1) is 18.8 Å². The highest BCUT2D eigenvalue weighted by Crippen LogP contribution is 2.66. The molecule has 6 heteroatoms. The van der Waals surface area contributed by atoms with Crippen LogP contribution in [0.2, 0.25) is 0 Å². The number of hydrogen-bond acceptors (Lipinski definition) is 6. The predicted molar refractivity (Wildman–Crippen MR) is 175 cm³/mol. The Morgan fingerprint density at radius 2 is 1.80 bits per heavy atom. The van der Waals surface area contributed by atoms with E-state index in [1.807, 2.05) is 0 Å². The summed E-state index contributed by atoms with van der Waals surface area (Å²) in [4.78, 5) is 15.1. The van der Waals surface area contributed by atoms with Crippen LogP contribution in [0.5, 0.6) is 0 Å². The van der Waals surface area contributed by atoms with Crippen LogP contribution in [-0.4, -0.2) is 50.1 Å². The van der Waals surface area contributed by atoms with Crippen molar-refractivity contribution in [3.05, 3.63) is 39.2 Å². The molecule has 8 rings (SSSR count). The van der Waals surface area contributed by atoms with E-state index >= 15 is 0 Å². The third kappa shape index (κ3) is 4.80. The number of ether oxygens (including phenoxy) is 1. The SMILES string of the molecule is C[C@]12CC[C@@H](O)C[C@@H]1CC[C@@H]1[C@@H]2CC[C@]2(C)[C@@H](OCCNCCc3cc(=O)oc4c5c6c(cc34)CCCN6CCC5)CC[C@@H]12. The van der Waals surface area contributed by atoms with Crippen LogP contribution in [0.3, 0.4) is 0 Å². The molecule has 8 atom stereocenters. The first-order chi connectivity index (χ1) is 21.3. The fourth-order valence-electron chi connectivity index (χ4n) is 11.8. The van der Waals surface area contributed by atoms with Crippen molar-refractivity contribution in [1.82, 2.24) is 5.32 Å². The Bertz CT molecular complexity index is 1450. The summed E-state index contributed by atoms with van der Waals surface area (Å²) >= 11 is 0. The molecule has 3 heterocycles. The van der Waals surface area contributed by atoms with Gasteiger partial charge < -0.3 is 24.5 Å². The molecule has 0 saturated heterocycles. The van der Waals surface area contributed by atoms with Gasteiger partial charge in [-0.05, 0) is 148 Å². The van der Waals surface area contributed by atoms with Gasteiger partial charge in [-0.3, -0.25) is 0 Å². The number of aryl methyl sites for hydroxylation is 2. The minimum atomic E-state index is -0.220. The molecule has 2 aliphatic heterocycles. The number of fused-ring (bicyclic) bond motifs is 7. The van der Waals surface area contributed by atoms with Crippen molar-refractivity contribution in [2.45, 2.75) is 116 Å². The van der Waals surface area contributed by atoms with Gasteiger partial charge in [0, 0.05) is 42.3 Å². The van der Waals surface area contributed by atoms with Crippen molar-refractivity contribution in [3.8, 4) is 0 Å². The molecule has 0 spiro atoms. The van der Waals surface area contributed by atoms with E-state index in [9.17, 15) is 9.90 Å². The lowest BCUT2D eigenvalue weighted by Crippen LogP contribution is -2.54. The van der Waals surface area contributed by atoms with E-state index in [4.69, 9.17) is 9.15 Å². The zero-order chi connectivity index (χ0) is 30.1. The van der Waals surface area contributed by atoms with Crippen molar-refractivity contribution in [1.29, 1.82) is 0 Å². The highest BCUT2D eigenvalue weighted by Gasteiger charge is 2.60. The van der Waals surface area contributed by atoms with E-state index in [1.165, 1.54) is 68.2 Å². The lowest BCUT2D eigenvalue weighted by molar-refractivity contribution is -0.140. The number of nitrogens with one attached hydrogen (secondary N) is 1. The van der Waals surface area contributed by atoms with Crippen LogP contribution < -0.4 is 15.8 Å². The number of rotatable bonds is 7. The van der Waals surface area contributed by atoms with E-state index in [-0.39, 0.29) is 11.7 Å². The number of anilines is 1. The lowest BCUT2D eigenvalue weighted by Gasteiger charge is -2.60. The van der Waals surface area contributed by atoms with Gasteiger partial charge in [-0.25, -0.2) is 4.79 Å². The minimum Gasteiger partial charge on any atom is -0.422 e.